The van der Waals surface area contributed by atoms with E-state index in [1.807, 2.05) is 24.3 Å². The number of carbonyl (C=O) groups is 1. The fourth-order valence-corrected chi connectivity index (χ4v) is 5.55. The predicted molar refractivity (Wildman–Crippen MR) is 125 cm³/mol. The standard InChI is InChI=1S/C23H23ClN2O4S/c1-14(26(31(3,28)29)20-13-17(24)10-12-21(20)30-2)23(27)25-19-11-9-16-8-7-15-5-4-6-18(19)22(15)16/h4-6,9-14H,7-8H2,1-3H3,(H,25,27)/t14-/m1/s1. The molecule has 1 aliphatic carbocycles. The average molecular weight is 459 g/mol. The van der Waals surface area contributed by atoms with Crippen LogP contribution in [0.3, 0.4) is 0 Å². The van der Waals surface area contributed by atoms with Crippen LogP contribution in [0.15, 0.2) is 48.5 Å². The Morgan fingerprint density at radius 3 is 2.52 bits per heavy atom. The molecule has 1 atom stereocenters. The summed E-state index contributed by atoms with van der Waals surface area (Å²) in [6.45, 7) is 1.54. The van der Waals surface area contributed by atoms with Crippen LogP contribution in [0.25, 0.3) is 10.8 Å². The largest absolute Gasteiger partial charge is 0.495 e. The van der Waals surface area contributed by atoms with E-state index in [2.05, 4.69) is 11.4 Å². The zero-order valence-electron chi connectivity index (χ0n) is 17.5. The van der Waals surface area contributed by atoms with Crippen LogP contribution < -0.4 is 14.4 Å². The first-order chi connectivity index (χ1) is 14.7. The second-order valence-electron chi connectivity index (χ2n) is 7.65. The van der Waals surface area contributed by atoms with E-state index in [9.17, 15) is 13.2 Å². The summed E-state index contributed by atoms with van der Waals surface area (Å²) in [5.41, 5.74) is 3.39. The Balaban J connectivity index is 1.72. The molecule has 0 saturated heterocycles. The molecular formula is C23H23ClN2O4S. The molecule has 3 aromatic rings. The van der Waals surface area contributed by atoms with Gasteiger partial charge in [0.1, 0.15) is 11.8 Å². The first-order valence-electron chi connectivity index (χ1n) is 9.88. The second-order valence-corrected chi connectivity index (χ2v) is 9.95. The minimum absolute atomic E-state index is 0.209. The predicted octanol–water partition coefficient (Wildman–Crippen LogP) is 4.39. The number of sulfonamides is 1. The summed E-state index contributed by atoms with van der Waals surface area (Å²) in [5.74, 6) is -0.147. The van der Waals surface area contributed by atoms with Crippen molar-refractivity contribution in [2.75, 3.05) is 23.0 Å². The Morgan fingerprint density at radius 2 is 1.84 bits per heavy atom. The summed E-state index contributed by atoms with van der Waals surface area (Å²) in [7, 11) is -2.38. The second kappa shape index (κ2) is 8.05. The number of carbonyl (C=O) groups excluding carboxylic acids is 1. The molecular weight excluding hydrogens is 436 g/mol. The van der Waals surface area contributed by atoms with Crippen molar-refractivity contribution >= 4 is 49.7 Å². The van der Waals surface area contributed by atoms with Crippen molar-refractivity contribution in [3.8, 4) is 5.75 Å². The average Bonchev–Trinajstić information content (AvgIpc) is 3.14. The van der Waals surface area contributed by atoms with Gasteiger partial charge >= 0.3 is 0 Å². The molecule has 3 aromatic carbocycles. The van der Waals surface area contributed by atoms with Crippen LogP contribution >= 0.6 is 11.6 Å². The van der Waals surface area contributed by atoms with Gasteiger partial charge in [-0.05, 0) is 60.5 Å². The molecule has 0 aromatic heterocycles. The SMILES string of the molecule is COc1ccc(Cl)cc1N([C@H](C)C(=O)Nc1ccc2c3c(cccc13)CC2)S(C)(=O)=O. The van der Waals surface area contributed by atoms with Crippen LogP contribution in [-0.2, 0) is 27.7 Å². The summed E-state index contributed by atoms with van der Waals surface area (Å²) in [4.78, 5) is 13.2. The molecule has 162 valence electrons. The van der Waals surface area contributed by atoms with Crippen LogP contribution in [0.4, 0.5) is 11.4 Å². The lowest BCUT2D eigenvalue weighted by molar-refractivity contribution is -0.116. The number of nitrogens with zero attached hydrogens (tertiary/aromatic N) is 1. The number of nitrogens with one attached hydrogen (secondary N) is 1. The number of aryl methyl sites for hydroxylation is 2. The third-order valence-electron chi connectivity index (χ3n) is 5.60. The van der Waals surface area contributed by atoms with Crippen molar-refractivity contribution in [3.05, 3.63) is 64.7 Å². The van der Waals surface area contributed by atoms with Crippen molar-refractivity contribution < 1.29 is 17.9 Å². The molecule has 31 heavy (non-hydrogen) atoms. The highest BCUT2D eigenvalue weighted by Crippen LogP contribution is 2.36. The fourth-order valence-electron chi connectivity index (χ4n) is 4.21. The van der Waals surface area contributed by atoms with E-state index in [0.717, 1.165) is 28.8 Å². The van der Waals surface area contributed by atoms with Crippen molar-refractivity contribution in [3.63, 3.8) is 0 Å². The molecule has 1 aliphatic rings. The van der Waals surface area contributed by atoms with E-state index in [1.54, 1.807) is 12.1 Å². The summed E-state index contributed by atoms with van der Waals surface area (Å²) < 4.78 is 31.7. The van der Waals surface area contributed by atoms with E-state index in [-0.39, 0.29) is 5.69 Å². The van der Waals surface area contributed by atoms with E-state index >= 15 is 0 Å². The summed E-state index contributed by atoms with van der Waals surface area (Å²) in [6.07, 6.45) is 3.02. The van der Waals surface area contributed by atoms with Crippen LogP contribution in [0.2, 0.25) is 5.02 Å². The first kappa shape index (κ1) is 21.5. The van der Waals surface area contributed by atoms with Crippen LogP contribution in [0.1, 0.15) is 18.1 Å². The van der Waals surface area contributed by atoms with Gasteiger partial charge < -0.3 is 10.1 Å². The smallest absolute Gasteiger partial charge is 0.248 e. The van der Waals surface area contributed by atoms with E-state index in [1.165, 1.54) is 36.6 Å². The highest BCUT2D eigenvalue weighted by molar-refractivity contribution is 7.92. The Hall–Kier alpha value is -2.77. The third-order valence-corrected chi connectivity index (χ3v) is 7.06. The molecule has 6 nitrogen and oxygen atoms in total. The van der Waals surface area contributed by atoms with Crippen molar-refractivity contribution in [2.24, 2.45) is 0 Å². The van der Waals surface area contributed by atoms with E-state index in [4.69, 9.17) is 16.3 Å². The molecule has 1 N–H and O–H groups in total. The lowest BCUT2D eigenvalue weighted by Crippen LogP contribution is -2.45. The molecule has 0 fully saturated rings. The molecule has 1 amide bonds. The topological polar surface area (TPSA) is 75.7 Å². The first-order valence-corrected chi connectivity index (χ1v) is 12.1. The van der Waals surface area contributed by atoms with Crippen molar-refractivity contribution in [1.82, 2.24) is 0 Å². The number of hydrogen-bond donors (Lipinski definition) is 1. The Bertz CT molecular complexity index is 1280. The fraction of sp³-hybridized carbons (Fsp3) is 0.261. The number of halogens is 1. The maximum Gasteiger partial charge on any atom is 0.248 e. The van der Waals surface area contributed by atoms with E-state index in [0.29, 0.717) is 16.5 Å². The molecule has 0 heterocycles. The quantitative estimate of drug-likeness (QED) is 0.594. The van der Waals surface area contributed by atoms with Gasteiger partial charge in [-0.1, -0.05) is 35.9 Å². The molecule has 0 bridgehead atoms. The van der Waals surface area contributed by atoms with Gasteiger partial charge in [-0.15, -0.1) is 0 Å². The monoisotopic (exact) mass is 458 g/mol. The Morgan fingerprint density at radius 1 is 1.13 bits per heavy atom. The third kappa shape index (κ3) is 3.95. The van der Waals surface area contributed by atoms with Gasteiger partial charge in [0.15, 0.2) is 0 Å². The zero-order valence-corrected chi connectivity index (χ0v) is 19.0. The van der Waals surface area contributed by atoms with Gasteiger partial charge in [0.25, 0.3) is 0 Å². The van der Waals surface area contributed by atoms with Gasteiger partial charge in [-0.25, -0.2) is 8.42 Å². The summed E-state index contributed by atoms with van der Waals surface area (Å²) in [5, 5.41) is 5.39. The van der Waals surface area contributed by atoms with Crippen LogP contribution in [0.5, 0.6) is 5.75 Å². The number of ether oxygens (including phenoxy) is 1. The number of amides is 1. The minimum Gasteiger partial charge on any atom is -0.495 e. The normalized spacial score (nSPS) is 13.8. The number of methoxy groups -OCH3 is 1. The summed E-state index contributed by atoms with van der Waals surface area (Å²) >= 11 is 6.11. The molecule has 0 saturated carbocycles. The lowest BCUT2D eigenvalue weighted by atomic mass is 10.0. The number of rotatable bonds is 6. The highest BCUT2D eigenvalue weighted by Gasteiger charge is 2.32. The number of hydrogen-bond acceptors (Lipinski definition) is 4. The Labute approximate surface area is 186 Å². The lowest BCUT2D eigenvalue weighted by Gasteiger charge is -2.29. The zero-order chi connectivity index (χ0) is 22.3. The molecule has 8 heteroatoms. The van der Waals surface area contributed by atoms with Crippen molar-refractivity contribution in [2.45, 2.75) is 25.8 Å². The molecule has 0 radical (unpaired) electrons. The van der Waals surface area contributed by atoms with E-state index < -0.39 is 22.0 Å². The highest BCUT2D eigenvalue weighted by atomic mass is 35.5. The van der Waals surface area contributed by atoms with Gasteiger partial charge in [0.2, 0.25) is 15.9 Å². The molecule has 0 aliphatic heterocycles. The maximum atomic E-state index is 13.2. The molecule has 0 unspecified atom stereocenters. The van der Waals surface area contributed by atoms with Gasteiger partial charge in [-0.2, -0.15) is 0 Å². The van der Waals surface area contributed by atoms with Crippen LogP contribution in [0, 0.1) is 0 Å². The van der Waals surface area contributed by atoms with Gasteiger partial charge in [0, 0.05) is 16.1 Å². The maximum absolute atomic E-state index is 13.2. The summed E-state index contributed by atoms with van der Waals surface area (Å²) in [6, 6.07) is 13.6. The number of anilines is 2. The van der Waals surface area contributed by atoms with Gasteiger partial charge in [-0.3, -0.25) is 9.10 Å². The van der Waals surface area contributed by atoms with Crippen LogP contribution in [-0.4, -0.2) is 33.7 Å². The minimum atomic E-state index is -3.82. The number of benzene rings is 3. The molecule has 4 rings (SSSR count). The molecule has 0 spiro atoms. The van der Waals surface area contributed by atoms with Crippen molar-refractivity contribution in [1.29, 1.82) is 0 Å². The Kier molecular flexibility index (Phi) is 5.58. The van der Waals surface area contributed by atoms with Gasteiger partial charge in [0.05, 0.1) is 19.1 Å².